The van der Waals surface area contributed by atoms with Gasteiger partial charge in [-0.3, -0.25) is 5.84 Å². The number of thiophene rings is 1. The lowest BCUT2D eigenvalue weighted by molar-refractivity contribution is 0.266. The van der Waals surface area contributed by atoms with Gasteiger partial charge in [0, 0.05) is 18.0 Å². The molecule has 2 rings (SSSR count). The van der Waals surface area contributed by atoms with Gasteiger partial charge in [-0.2, -0.15) is 0 Å². The Labute approximate surface area is 64.2 Å². The fraction of sp³-hybridized carbons (Fsp3) is 0.429. The van der Waals surface area contributed by atoms with Gasteiger partial charge in [0.1, 0.15) is 0 Å². The van der Waals surface area contributed by atoms with Gasteiger partial charge >= 0.3 is 0 Å². The summed E-state index contributed by atoms with van der Waals surface area (Å²) in [7, 11) is 0. The van der Waals surface area contributed by atoms with E-state index in [0.717, 1.165) is 19.5 Å². The van der Waals surface area contributed by atoms with E-state index in [1.807, 2.05) is 16.3 Å². The van der Waals surface area contributed by atoms with Crippen LogP contribution in [-0.4, -0.2) is 11.6 Å². The Bertz CT molecular complexity index is 231. The zero-order chi connectivity index (χ0) is 6.97. The fourth-order valence-electron chi connectivity index (χ4n) is 1.26. The molecule has 0 aliphatic carbocycles. The summed E-state index contributed by atoms with van der Waals surface area (Å²) in [6.45, 7) is 1.94. The van der Waals surface area contributed by atoms with Gasteiger partial charge < -0.3 is 0 Å². The third kappa shape index (κ3) is 0.963. The van der Waals surface area contributed by atoms with Crippen molar-refractivity contribution in [3.63, 3.8) is 0 Å². The van der Waals surface area contributed by atoms with E-state index in [9.17, 15) is 0 Å². The van der Waals surface area contributed by atoms with E-state index < -0.39 is 0 Å². The second kappa shape index (κ2) is 2.34. The van der Waals surface area contributed by atoms with E-state index in [-0.39, 0.29) is 0 Å². The molecule has 0 amide bonds. The molecule has 3 heteroatoms. The van der Waals surface area contributed by atoms with Crippen molar-refractivity contribution < 1.29 is 0 Å². The molecule has 1 aromatic rings. The Morgan fingerprint density at radius 1 is 1.60 bits per heavy atom. The molecule has 0 aromatic carbocycles. The van der Waals surface area contributed by atoms with Crippen LogP contribution in [-0.2, 0) is 13.0 Å². The summed E-state index contributed by atoms with van der Waals surface area (Å²) in [5.41, 5.74) is 1.49. The first-order valence-corrected chi connectivity index (χ1v) is 4.29. The molecule has 54 valence electrons. The molecule has 0 bridgehead atoms. The monoisotopic (exact) mass is 154 g/mol. The van der Waals surface area contributed by atoms with Crippen LogP contribution in [0.2, 0.25) is 0 Å². The van der Waals surface area contributed by atoms with Crippen molar-refractivity contribution in [3.05, 3.63) is 21.9 Å². The topological polar surface area (TPSA) is 29.3 Å². The van der Waals surface area contributed by atoms with Crippen LogP contribution in [0.25, 0.3) is 0 Å². The number of rotatable bonds is 0. The molecule has 2 heterocycles. The highest BCUT2D eigenvalue weighted by Crippen LogP contribution is 2.21. The van der Waals surface area contributed by atoms with E-state index in [1.165, 1.54) is 10.4 Å². The zero-order valence-corrected chi connectivity index (χ0v) is 6.53. The van der Waals surface area contributed by atoms with Crippen LogP contribution in [0.4, 0.5) is 0 Å². The lowest BCUT2D eigenvalue weighted by Gasteiger charge is -2.21. The lowest BCUT2D eigenvalue weighted by Crippen LogP contribution is -2.35. The molecule has 2 N–H and O–H groups in total. The minimum absolute atomic E-state index is 0.938. The van der Waals surface area contributed by atoms with E-state index in [1.54, 1.807) is 0 Å². The number of nitrogens with two attached hydrogens (primary N) is 1. The number of hydrogen-bond donors (Lipinski definition) is 1. The van der Waals surface area contributed by atoms with Gasteiger partial charge in [0.2, 0.25) is 0 Å². The van der Waals surface area contributed by atoms with Crippen LogP contribution in [0.15, 0.2) is 11.4 Å². The molecule has 1 aromatic heterocycles. The van der Waals surface area contributed by atoms with Crippen molar-refractivity contribution in [2.24, 2.45) is 5.84 Å². The van der Waals surface area contributed by atoms with Crippen LogP contribution in [0.3, 0.4) is 0 Å². The summed E-state index contributed by atoms with van der Waals surface area (Å²) >= 11 is 1.81. The maximum absolute atomic E-state index is 5.65. The second-order valence-electron chi connectivity index (χ2n) is 2.59. The summed E-state index contributed by atoms with van der Waals surface area (Å²) in [5, 5.41) is 4.02. The van der Waals surface area contributed by atoms with Crippen LogP contribution < -0.4 is 5.84 Å². The molecular weight excluding hydrogens is 144 g/mol. The average molecular weight is 154 g/mol. The summed E-state index contributed by atoms with van der Waals surface area (Å²) in [4.78, 5) is 1.44. The fourth-order valence-corrected chi connectivity index (χ4v) is 2.21. The summed E-state index contributed by atoms with van der Waals surface area (Å²) in [6, 6.07) is 2.20. The predicted molar refractivity (Wildman–Crippen MR) is 42.6 cm³/mol. The van der Waals surface area contributed by atoms with Crippen molar-refractivity contribution in [1.82, 2.24) is 5.01 Å². The molecule has 10 heavy (non-hydrogen) atoms. The van der Waals surface area contributed by atoms with E-state index in [2.05, 4.69) is 11.4 Å². The molecule has 0 atom stereocenters. The second-order valence-corrected chi connectivity index (χ2v) is 3.59. The van der Waals surface area contributed by atoms with Gasteiger partial charge in [0.15, 0.2) is 0 Å². The Morgan fingerprint density at radius 3 is 3.40 bits per heavy atom. The van der Waals surface area contributed by atoms with Crippen molar-refractivity contribution in [2.75, 3.05) is 6.54 Å². The van der Waals surface area contributed by atoms with Gasteiger partial charge in [-0.25, -0.2) is 5.01 Å². The van der Waals surface area contributed by atoms with Crippen LogP contribution in [0.5, 0.6) is 0 Å². The first-order chi connectivity index (χ1) is 4.86. The summed E-state index contributed by atoms with van der Waals surface area (Å²) in [5.74, 6) is 5.65. The minimum atomic E-state index is 0.938. The Hall–Kier alpha value is -0.380. The van der Waals surface area contributed by atoms with Crippen LogP contribution >= 0.6 is 11.3 Å². The maximum atomic E-state index is 5.65. The van der Waals surface area contributed by atoms with Crippen LogP contribution in [0.1, 0.15) is 10.4 Å². The molecular formula is C7H10N2S. The van der Waals surface area contributed by atoms with Crippen molar-refractivity contribution in [3.8, 4) is 0 Å². The van der Waals surface area contributed by atoms with Gasteiger partial charge in [-0.1, -0.05) is 0 Å². The van der Waals surface area contributed by atoms with Crippen molar-refractivity contribution in [2.45, 2.75) is 13.0 Å². The molecule has 0 spiro atoms. The predicted octanol–water partition coefficient (Wildman–Crippen LogP) is 0.980. The molecule has 0 fully saturated rings. The smallest absolute Gasteiger partial charge is 0.0476 e. The summed E-state index contributed by atoms with van der Waals surface area (Å²) in [6.07, 6.45) is 1.12. The first-order valence-electron chi connectivity index (χ1n) is 3.41. The number of hydrogen-bond acceptors (Lipinski definition) is 3. The Morgan fingerprint density at radius 2 is 2.50 bits per heavy atom. The zero-order valence-electron chi connectivity index (χ0n) is 5.71. The van der Waals surface area contributed by atoms with E-state index in [4.69, 9.17) is 5.84 Å². The molecule has 0 radical (unpaired) electrons. The highest BCUT2D eigenvalue weighted by atomic mass is 32.1. The SMILES string of the molecule is NN1CCc2ccsc2C1. The lowest BCUT2D eigenvalue weighted by atomic mass is 10.1. The highest BCUT2D eigenvalue weighted by Gasteiger charge is 2.13. The van der Waals surface area contributed by atoms with Gasteiger partial charge in [-0.05, 0) is 23.4 Å². The largest absolute Gasteiger partial charge is 0.268 e. The standard InChI is InChI=1S/C7H10N2S/c8-9-3-1-6-2-4-10-7(6)5-9/h2,4H,1,3,5,8H2. The number of fused-ring (bicyclic) bond motifs is 1. The Kier molecular flexibility index (Phi) is 1.48. The number of hydrazine groups is 1. The van der Waals surface area contributed by atoms with Gasteiger partial charge in [-0.15, -0.1) is 11.3 Å². The minimum Gasteiger partial charge on any atom is -0.268 e. The molecule has 0 saturated heterocycles. The molecule has 1 aliphatic rings. The maximum Gasteiger partial charge on any atom is 0.0476 e. The van der Waals surface area contributed by atoms with Crippen LogP contribution in [0, 0.1) is 0 Å². The molecule has 1 aliphatic heterocycles. The van der Waals surface area contributed by atoms with E-state index in [0.29, 0.717) is 0 Å². The van der Waals surface area contributed by atoms with Crippen molar-refractivity contribution >= 4 is 11.3 Å². The summed E-state index contributed by atoms with van der Waals surface area (Å²) < 4.78 is 0. The van der Waals surface area contributed by atoms with Gasteiger partial charge in [0.05, 0.1) is 0 Å². The quantitative estimate of drug-likeness (QED) is 0.564. The normalized spacial score (nSPS) is 18.9. The highest BCUT2D eigenvalue weighted by molar-refractivity contribution is 7.10. The Balaban J connectivity index is 2.30. The van der Waals surface area contributed by atoms with Gasteiger partial charge in [0.25, 0.3) is 0 Å². The van der Waals surface area contributed by atoms with Crippen molar-refractivity contribution in [1.29, 1.82) is 0 Å². The third-order valence-electron chi connectivity index (χ3n) is 1.85. The molecule has 0 saturated carbocycles. The third-order valence-corrected chi connectivity index (χ3v) is 2.80. The first kappa shape index (κ1) is 6.34. The van der Waals surface area contributed by atoms with E-state index >= 15 is 0 Å². The molecule has 2 nitrogen and oxygen atoms in total. The molecule has 0 unspecified atom stereocenters. The number of nitrogens with zero attached hydrogens (tertiary/aromatic N) is 1. The average Bonchev–Trinajstić information content (AvgIpc) is 2.33.